The zero-order chi connectivity index (χ0) is 55.0. The summed E-state index contributed by atoms with van der Waals surface area (Å²) in [7, 11) is 6.08. The first-order valence-corrected chi connectivity index (χ1v) is 26.3. The summed E-state index contributed by atoms with van der Waals surface area (Å²) in [6.45, 7) is 19.0. The van der Waals surface area contributed by atoms with E-state index in [1.165, 1.54) is 49.7 Å². The molecule has 1 aromatic heterocycles. The molecule has 1 aliphatic heterocycles. The van der Waals surface area contributed by atoms with Crippen LogP contribution in [0, 0.1) is 23.7 Å². The van der Waals surface area contributed by atoms with E-state index < -0.39 is 90.2 Å². The van der Waals surface area contributed by atoms with Gasteiger partial charge >= 0.3 is 23.9 Å². The van der Waals surface area contributed by atoms with Crippen LogP contribution in [0.15, 0.2) is 73.3 Å². The van der Waals surface area contributed by atoms with Crippen molar-refractivity contribution >= 4 is 41.6 Å². The van der Waals surface area contributed by atoms with Crippen LogP contribution in [0.2, 0.25) is 0 Å². The van der Waals surface area contributed by atoms with Crippen molar-refractivity contribution in [1.29, 1.82) is 0 Å². The van der Waals surface area contributed by atoms with E-state index in [-0.39, 0.29) is 62.3 Å². The van der Waals surface area contributed by atoms with Crippen molar-refractivity contribution in [3.63, 3.8) is 0 Å². The molecule has 408 valence electrons. The molecule has 3 aromatic rings. The lowest BCUT2D eigenvalue weighted by atomic mass is 10.00. The highest BCUT2D eigenvalue weighted by Gasteiger charge is 2.41. The Labute approximate surface area is 439 Å². The van der Waals surface area contributed by atoms with Gasteiger partial charge in [-0.25, -0.2) is 19.4 Å². The van der Waals surface area contributed by atoms with E-state index in [1.54, 1.807) is 48.7 Å². The van der Waals surface area contributed by atoms with Crippen LogP contribution in [0.1, 0.15) is 118 Å². The van der Waals surface area contributed by atoms with Crippen LogP contribution in [-0.2, 0) is 71.9 Å². The molecule has 74 heavy (non-hydrogen) atoms. The predicted octanol–water partition coefficient (Wildman–Crippen LogP) is 6.77. The van der Waals surface area contributed by atoms with Gasteiger partial charge in [0.1, 0.15) is 30.3 Å². The molecule has 0 saturated carbocycles. The van der Waals surface area contributed by atoms with Gasteiger partial charge < -0.3 is 38.2 Å². The summed E-state index contributed by atoms with van der Waals surface area (Å²) in [5.74, 6) is -5.19. The second-order valence-electron chi connectivity index (χ2n) is 21.8. The average molecular weight is 1030 g/mol. The van der Waals surface area contributed by atoms with Crippen molar-refractivity contribution in [2.75, 3.05) is 34.7 Å². The third-order valence-electron chi connectivity index (χ3n) is 13.4. The number of carbonyl (C=O) groups excluding carboxylic acids is 7. The molecular formula is C57H84N6O11. The molecule has 1 aliphatic rings. The second-order valence-corrected chi connectivity index (χ2v) is 21.8. The van der Waals surface area contributed by atoms with Crippen LogP contribution < -0.4 is 0 Å². The molecular weight excluding hydrogens is 945 g/mol. The van der Waals surface area contributed by atoms with E-state index in [2.05, 4.69) is 4.98 Å². The maximum Gasteiger partial charge on any atom is 0.329 e. The topological polar surface area (TPSA) is 187 Å². The number of cyclic esters (lactones) is 4. The highest BCUT2D eigenvalue weighted by Crippen LogP contribution is 2.24. The fourth-order valence-electron chi connectivity index (χ4n) is 9.14. The van der Waals surface area contributed by atoms with Gasteiger partial charge in [0, 0.05) is 59.5 Å². The van der Waals surface area contributed by atoms with Crippen molar-refractivity contribution in [3.05, 3.63) is 90.0 Å². The Morgan fingerprint density at radius 2 is 0.986 bits per heavy atom. The van der Waals surface area contributed by atoms with Crippen LogP contribution in [0.3, 0.4) is 0 Å². The van der Waals surface area contributed by atoms with E-state index in [4.69, 9.17) is 18.9 Å². The molecule has 0 bridgehead atoms. The van der Waals surface area contributed by atoms with E-state index in [0.29, 0.717) is 24.9 Å². The van der Waals surface area contributed by atoms with Crippen LogP contribution in [0.25, 0.3) is 0 Å². The molecule has 2 heterocycles. The number of likely N-dealkylation sites (N-methyl/N-ethyl adjacent to an activating group) is 4. The number of benzene rings is 2. The molecule has 1 fully saturated rings. The Morgan fingerprint density at radius 3 is 1.50 bits per heavy atom. The van der Waals surface area contributed by atoms with Crippen molar-refractivity contribution in [3.8, 4) is 0 Å². The standard InChI is InChI=1S/C57H84N6O11/c1-36(2)20-25-46-54(67)73-45(31-43-21-23-44(24-22-43)33-63-27-26-58-35-63)34-59(11)47(28-37(3)4)55(68)71-41(10)52(65)61(13)49(30-39(7)8)57(70)74-50(32-42-18-16-15-17-19-42)53(66)62(14)48(29-38(5)6)56(69)72-40(9)51(64)60(46)12/h15-19,21-24,26-27,35-41,45-50H,20,25,28-34H2,1-14H3/t40-,41-,45-,46+,47?,48+,49+,50-/m1/s1. The minimum absolute atomic E-state index is 0.00726. The zero-order valence-electron chi connectivity index (χ0n) is 46.4. The molecule has 1 unspecified atom stereocenters. The third kappa shape index (κ3) is 18.1. The van der Waals surface area contributed by atoms with E-state index in [0.717, 1.165) is 11.1 Å². The Bertz CT molecular complexity index is 2290. The van der Waals surface area contributed by atoms with Gasteiger partial charge in [-0.1, -0.05) is 110 Å². The van der Waals surface area contributed by atoms with Gasteiger partial charge in [-0.15, -0.1) is 0 Å². The third-order valence-corrected chi connectivity index (χ3v) is 13.4. The lowest BCUT2D eigenvalue weighted by Gasteiger charge is -2.35. The number of hydrogen-bond acceptors (Lipinski definition) is 13. The maximum atomic E-state index is 14.7. The molecule has 1 saturated heterocycles. The van der Waals surface area contributed by atoms with Gasteiger partial charge in [0.25, 0.3) is 17.7 Å². The van der Waals surface area contributed by atoms with E-state index in [1.807, 2.05) is 96.5 Å². The number of esters is 4. The Hall–Kier alpha value is -6.10. The first-order chi connectivity index (χ1) is 34.9. The number of imidazole rings is 1. The van der Waals surface area contributed by atoms with Gasteiger partial charge in [0.2, 0.25) is 0 Å². The monoisotopic (exact) mass is 1030 g/mol. The van der Waals surface area contributed by atoms with Crippen LogP contribution in [0.4, 0.5) is 0 Å². The maximum absolute atomic E-state index is 14.7. The summed E-state index contributed by atoms with van der Waals surface area (Å²) in [5, 5.41) is 0. The fourth-order valence-corrected chi connectivity index (χ4v) is 9.14. The number of nitrogens with zero attached hydrogens (tertiary/aromatic N) is 6. The van der Waals surface area contributed by atoms with Crippen molar-refractivity contribution in [1.82, 2.24) is 29.2 Å². The second kappa shape index (κ2) is 28.5. The Kier molecular flexibility index (Phi) is 23.3. The highest BCUT2D eigenvalue weighted by molar-refractivity contribution is 5.93. The molecule has 0 N–H and O–H groups in total. The molecule has 0 radical (unpaired) electrons. The number of carbonyl (C=O) groups is 7. The quantitative estimate of drug-likeness (QED) is 0.115. The summed E-state index contributed by atoms with van der Waals surface area (Å²) in [6, 6.07) is 12.5. The lowest BCUT2D eigenvalue weighted by Crippen LogP contribution is -2.54. The van der Waals surface area contributed by atoms with Crippen LogP contribution in [0.5, 0.6) is 0 Å². The number of hydrogen-bond donors (Lipinski definition) is 0. The SMILES string of the molecule is CC(C)CC[C@H]1C(=O)O[C@H](Cc2ccc(Cn3ccnc3)cc2)CN(C)C(CC(C)C)C(=O)O[C@H](C)C(=O)N(C)[C@@H](CC(C)C)C(=O)O[C@H](Cc2ccccc2)C(=O)N(C)[C@@H](CC(C)C)C(=O)O[C@H](C)C(=O)N1C. The largest absolute Gasteiger partial charge is 0.459 e. The smallest absolute Gasteiger partial charge is 0.329 e. The summed E-state index contributed by atoms with van der Waals surface area (Å²) >= 11 is 0. The Balaban J connectivity index is 1.83. The molecule has 4 rings (SSSR count). The summed E-state index contributed by atoms with van der Waals surface area (Å²) in [6.07, 6.45) is 1.90. The van der Waals surface area contributed by atoms with Crippen LogP contribution in [-0.4, -0.2) is 154 Å². The minimum atomic E-state index is -1.45. The predicted molar refractivity (Wildman–Crippen MR) is 281 cm³/mol. The van der Waals surface area contributed by atoms with Gasteiger partial charge in [0.05, 0.1) is 6.33 Å². The van der Waals surface area contributed by atoms with E-state index in [9.17, 15) is 33.6 Å². The normalized spacial score (nSPS) is 24.4. The summed E-state index contributed by atoms with van der Waals surface area (Å²) in [4.78, 5) is 111. The van der Waals surface area contributed by atoms with Gasteiger partial charge in [-0.3, -0.25) is 24.1 Å². The summed E-state index contributed by atoms with van der Waals surface area (Å²) < 4.78 is 26.4. The lowest BCUT2D eigenvalue weighted by molar-refractivity contribution is -0.174. The van der Waals surface area contributed by atoms with E-state index >= 15 is 0 Å². The van der Waals surface area contributed by atoms with Crippen molar-refractivity contribution in [2.45, 2.75) is 169 Å². The molecule has 17 heteroatoms. The zero-order valence-corrected chi connectivity index (χ0v) is 46.4. The number of rotatable bonds is 15. The molecule has 0 spiro atoms. The molecule has 3 amide bonds. The summed E-state index contributed by atoms with van der Waals surface area (Å²) in [5.41, 5.74) is 2.55. The molecule has 0 aliphatic carbocycles. The first-order valence-electron chi connectivity index (χ1n) is 26.3. The first kappa shape index (κ1) is 60.5. The van der Waals surface area contributed by atoms with Gasteiger partial charge in [-0.05, 0) is 93.4 Å². The van der Waals surface area contributed by atoms with Crippen molar-refractivity contribution in [2.24, 2.45) is 23.7 Å². The van der Waals surface area contributed by atoms with Gasteiger partial charge in [0.15, 0.2) is 18.3 Å². The minimum Gasteiger partial charge on any atom is -0.459 e. The molecule has 17 nitrogen and oxygen atoms in total. The number of ether oxygens (including phenoxy) is 4. The average Bonchev–Trinajstić information content (AvgIpc) is 3.86. The fraction of sp³-hybridized carbons (Fsp3) is 0.614. The number of amides is 3. The highest BCUT2D eigenvalue weighted by atomic mass is 16.6. The van der Waals surface area contributed by atoms with Crippen molar-refractivity contribution < 1.29 is 52.5 Å². The van der Waals surface area contributed by atoms with Crippen LogP contribution >= 0.6 is 0 Å². The molecule has 8 atom stereocenters. The number of aromatic nitrogens is 2. The Morgan fingerprint density at radius 1 is 0.527 bits per heavy atom. The van der Waals surface area contributed by atoms with Gasteiger partial charge in [-0.2, -0.15) is 0 Å². The molecule has 2 aromatic carbocycles.